The van der Waals surface area contributed by atoms with E-state index in [0.29, 0.717) is 0 Å². The number of rotatable bonds is 3. The average molecular weight is 251 g/mol. The van der Waals surface area contributed by atoms with Crippen LogP contribution in [0.4, 0.5) is 13.2 Å². The smallest absolute Gasteiger partial charge is 0.387 e. The molecule has 0 aromatic rings. The van der Waals surface area contributed by atoms with Gasteiger partial charge in [0.15, 0.2) is 0 Å². The van der Waals surface area contributed by atoms with Crippen molar-refractivity contribution in [3.05, 3.63) is 0 Å². The van der Waals surface area contributed by atoms with Gasteiger partial charge in [-0.3, -0.25) is 10.3 Å². The number of nitrogens with two attached hydrogens (primary N) is 1. The zero-order valence-corrected chi connectivity index (χ0v) is 10.2. The van der Waals surface area contributed by atoms with Crippen molar-refractivity contribution in [3.63, 3.8) is 0 Å². The molecule has 1 rings (SSSR count). The second kappa shape index (κ2) is 5.25. The maximum Gasteiger partial charge on any atom is 0.399 e. The summed E-state index contributed by atoms with van der Waals surface area (Å²) in [7, 11) is 0. The lowest BCUT2D eigenvalue weighted by molar-refractivity contribution is -0.163. The van der Waals surface area contributed by atoms with Gasteiger partial charge in [-0.1, -0.05) is 6.42 Å². The third kappa shape index (κ3) is 3.59. The van der Waals surface area contributed by atoms with Gasteiger partial charge in [-0.15, -0.1) is 0 Å². The molecule has 0 aliphatic carbocycles. The standard InChI is InChI=1S/C11H20F3N3/c1-7-4-3-5-8(2)17(7)6-9(10(15)16)11(12,13)14/h7-9H,3-6H2,1-2H3,(H3,15,16). The molecule has 0 radical (unpaired) electrons. The first-order chi connectivity index (χ1) is 7.73. The molecule has 6 heteroatoms. The maximum atomic E-state index is 12.7. The van der Waals surface area contributed by atoms with E-state index in [2.05, 4.69) is 0 Å². The fourth-order valence-electron chi connectivity index (χ4n) is 2.42. The van der Waals surface area contributed by atoms with Crippen LogP contribution in [-0.4, -0.2) is 35.5 Å². The number of piperidine rings is 1. The summed E-state index contributed by atoms with van der Waals surface area (Å²) in [4.78, 5) is 1.82. The Kier molecular flexibility index (Phi) is 4.41. The second-order valence-electron chi connectivity index (χ2n) is 4.88. The van der Waals surface area contributed by atoms with E-state index < -0.39 is 17.9 Å². The number of hydrogen-bond donors (Lipinski definition) is 2. The van der Waals surface area contributed by atoms with Gasteiger partial charge in [-0.05, 0) is 26.7 Å². The first kappa shape index (κ1) is 14.3. The molecule has 1 fully saturated rings. The van der Waals surface area contributed by atoms with Gasteiger partial charge in [0.05, 0.1) is 0 Å². The minimum atomic E-state index is -4.43. The number of alkyl halides is 3. The molecule has 0 aromatic heterocycles. The van der Waals surface area contributed by atoms with E-state index in [-0.39, 0.29) is 18.6 Å². The highest BCUT2D eigenvalue weighted by Crippen LogP contribution is 2.30. The van der Waals surface area contributed by atoms with Crippen LogP contribution in [0.1, 0.15) is 33.1 Å². The van der Waals surface area contributed by atoms with E-state index in [1.165, 1.54) is 0 Å². The van der Waals surface area contributed by atoms with Gasteiger partial charge >= 0.3 is 6.18 Å². The van der Waals surface area contributed by atoms with Crippen molar-refractivity contribution in [3.8, 4) is 0 Å². The van der Waals surface area contributed by atoms with Crippen LogP contribution in [0.15, 0.2) is 0 Å². The molecule has 1 heterocycles. The summed E-state index contributed by atoms with van der Waals surface area (Å²) in [6.07, 6.45) is -1.56. The Labute approximate surface area is 99.7 Å². The molecule has 0 spiro atoms. The lowest BCUT2D eigenvalue weighted by Gasteiger charge is -2.41. The summed E-state index contributed by atoms with van der Waals surface area (Å²) in [6.45, 7) is 3.67. The summed E-state index contributed by atoms with van der Waals surface area (Å²) in [5, 5.41) is 7.09. The number of likely N-dealkylation sites (tertiary alicyclic amines) is 1. The van der Waals surface area contributed by atoms with Crippen LogP contribution in [-0.2, 0) is 0 Å². The number of halogens is 3. The average Bonchev–Trinajstić information content (AvgIpc) is 2.14. The van der Waals surface area contributed by atoms with Crippen LogP contribution in [0.3, 0.4) is 0 Å². The number of hydrogen-bond acceptors (Lipinski definition) is 2. The zero-order valence-electron chi connectivity index (χ0n) is 10.2. The predicted octanol–water partition coefficient (Wildman–Crippen LogP) is 2.36. The third-order valence-electron chi connectivity index (χ3n) is 3.54. The zero-order chi connectivity index (χ0) is 13.2. The van der Waals surface area contributed by atoms with Crippen molar-refractivity contribution in [1.29, 1.82) is 5.41 Å². The summed E-state index contributed by atoms with van der Waals surface area (Å²) < 4.78 is 38.2. The number of amidine groups is 1. The van der Waals surface area contributed by atoms with Crippen LogP contribution in [0, 0.1) is 11.3 Å². The van der Waals surface area contributed by atoms with E-state index >= 15 is 0 Å². The van der Waals surface area contributed by atoms with Gasteiger partial charge in [-0.25, -0.2) is 0 Å². The maximum absolute atomic E-state index is 12.7. The Hall–Kier alpha value is -0.780. The highest BCUT2D eigenvalue weighted by atomic mass is 19.4. The Bertz CT molecular complexity index is 268. The van der Waals surface area contributed by atoms with E-state index in [4.69, 9.17) is 11.1 Å². The molecule has 3 atom stereocenters. The Morgan fingerprint density at radius 1 is 1.35 bits per heavy atom. The molecule has 1 aliphatic rings. The molecule has 0 amide bonds. The Balaban J connectivity index is 2.75. The van der Waals surface area contributed by atoms with Crippen LogP contribution in [0.2, 0.25) is 0 Å². The van der Waals surface area contributed by atoms with Gasteiger partial charge in [0.2, 0.25) is 0 Å². The van der Waals surface area contributed by atoms with Crippen molar-refractivity contribution < 1.29 is 13.2 Å². The fourth-order valence-corrected chi connectivity index (χ4v) is 2.42. The Morgan fingerprint density at radius 3 is 2.18 bits per heavy atom. The van der Waals surface area contributed by atoms with Crippen molar-refractivity contribution >= 4 is 5.84 Å². The van der Waals surface area contributed by atoms with Crippen LogP contribution < -0.4 is 5.73 Å². The van der Waals surface area contributed by atoms with Gasteiger partial charge in [-0.2, -0.15) is 13.2 Å². The minimum absolute atomic E-state index is 0.128. The SMILES string of the molecule is CC1CCCC(C)N1CC(C(=N)N)C(F)(F)F. The lowest BCUT2D eigenvalue weighted by atomic mass is 9.95. The molecule has 0 aromatic carbocycles. The summed E-state index contributed by atoms with van der Waals surface area (Å²) in [5.41, 5.74) is 5.07. The molecule has 3 N–H and O–H groups in total. The van der Waals surface area contributed by atoms with E-state index in [1.54, 1.807) is 0 Å². The summed E-state index contributed by atoms with van der Waals surface area (Å²) in [5.74, 6) is -2.63. The topological polar surface area (TPSA) is 53.1 Å². The summed E-state index contributed by atoms with van der Waals surface area (Å²) >= 11 is 0. The molecule has 100 valence electrons. The van der Waals surface area contributed by atoms with Crippen LogP contribution >= 0.6 is 0 Å². The monoisotopic (exact) mass is 251 g/mol. The molecule has 0 saturated carbocycles. The normalized spacial score (nSPS) is 29.0. The first-order valence-corrected chi connectivity index (χ1v) is 5.90. The van der Waals surface area contributed by atoms with Gasteiger partial charge in [0.1, 0.15) is 11.8 Å². The first-order valence-electron chi connectivity index (χ1n) is 5.90. The van der Waals surface area contributed by atoms with Crippen molar-refractivity contribution in [1.82, 2.24) is 4.90 Å². The minimum Gasteiger partial charge on any atom is -0.387 e. The van der Waals surface area contributed by atoms with Gasteiger partial charge < -0.3 is 5.73 Å². The summed E-state index contributed by atoms with van der Waals surface area (Å²) in [6, 6.07) is 0.255. The molecule has 17 heavy (non-hydrogen) atoms. The largest absolute Gasteiger partial charge is 0.399 e. The van der Waals surface area contributed by atoms with Gasteiger partial charge in [0, 0.05) is 18.6 Å². The highest BCUT2D eigenvalue weighted by Gasteiger charge is 2.44. The van der Waals surface area contributed by atoms with Gasteiger partial charge in [0.25, 0.3) is 0 Å². The molecular formula is C11H20F3N3. The van der Waals surface area contributed by atoms with E-state index in [1.807, 2.05) is 18.7 Å². The van der Waals surface area contributed by atoms with Crippen molar-refractivity contribution in [2.24, 2.45) is 11.7 Å². The van der Waals surface area contributed by atoms with Crippen molar-refractivity contribution in [2.45, 2.75) is 51.4 Å². The number of nitrogens with zero attached hydrogens (tertiary/aromatic N) is 1. The molecule has 1 aliphatic heterocycles. The molecule has 1 saturated heterocycles. The van der Waals surface area contributed by atoms with E-state index in [0.717, 1.165) is 19.3 Å². The molecular weight excluding hydrogens is 231 g/mol. The lowest BCUT2D eigenvalue weighted by Crippen LogP contribution is -2.51. The molecule has 0 bridgehead atoms. The quantitative estimate of drug-likeness (QED) is 0.597. The fraction of sp³-hybridized carbons (Fsp3) is 0.909. The predicted molar refractivity (Wildman–Crippen MR) is 60.9 cm³/mol. The highest BCUT2D eigenvalue weighted by molar-refractivity contribution is 5.80. The molecule has 3 nitrogen and oxygen atoms in total. The van der Waals surface area contributed by atoms with Crippen LogP contribution in [0.25, 0.3) is 0 Å². The molecule has 3 unspecified atom stereocenters. The Morgan fingerprint density at radius 2 is 1.82 bits per heavy atom. The van der Waals surface area contributed by atoms with Crippen molar-refractivity contribution in [2.75, 3.05) is 6.54 Å². The second-order valence-corrected chi connectivity index (χ2v) is 4.88. The third-order valence-corrected chi connectivity index (χ3v) is 3.54. The van der Waals surface area contributed by atoms with E-state index in [9.17, 15) is 13.2 Å². The van der Waals surface area contributed by atoms with Crippen LogP contribution in [0.5, 0.6) is 0 Å². The number of nitrogens with one attached hydrogen (secondary N) is 1.